The van der Waals surface area contributed by atoms with Crippen LogP contribution in [0.4, 0.5) is 0 Å². The van der Waals surface area contributed by atoms with Crippen LogP contribution in [0.1, 0.15) is 45.4 Å². The van der Waals surface area contributed by atoms with Crippen LogP contribution < -0.4 is 5.32 Å². The molecule has 2 atom stereocenters. The molecular weight excluding hydrogens is 220 g/mol. The summed E-state index contributed by atoms with van der Waals surface area (Å²) in [6.07, 6.45) is 7.81. The average Bonchev–Trinajstić information content (AvgIpc) is 2.25. The van der Waals surface area contributed by atoms with Crippen LogP contribution in [-0.4, -0.2) is 43.0 Å². The number of alkyl halides is 1. The largest absolute Gasteiger partial charge is 0.317 e. The topological polar surface area (TPSA) is 15.3 Å². The zero-order valence-corrected chi connectivity index (χ0v) is 11.6. The minimum Gasteiger partial charge on any atom is -0.317 e. The van der Waals surface area contributed by atoms with Crippen molar-refractivity contribution in [2.75, 3.05) is 26.7 Å². The summed E-state index contributed by atoms with van der Waals surface area (Å²) in [7, 11) is 2.26. The molecule has 0 spiro atoms. The molecule has 0 saturated carbocycles. The van der Waals surface area contributed by atoms with Crippen molar-refractivity contribution >= 4 is 11.6 Å². The summed E-state index contributed by atoms with van der Waals surface area (Å²) in [5, 5.41) is 3.85. The van der Waals surface area contributed by atoms with Crippen LogP contribution in [0.15, 0.2) is 0 Å². The molecule has 1 rings (SSSR count). The van der Waals surface area contributed by atoms with Gasteiger partial charge in [-0.05, 0) is 65.7 Å². The second kappa shape index (κ2) is 8.32. The van der Waals surface area contributed by atoms with E-state index in [0.29, 0.717) is 5.38 Å². The third kappa shape index (κ3) is 6.07. The van der Waals surface area contributed by atoms with Crippen LogP contribution in [-0.2, 0) is 0 Å². The van der Waals surface area contributed by atoms with Gasteiger partial charge in [0.25, 0.3) is 0 Å². The number of piperidine rings is 1. The number of rotatable bonds is 7. The Morgan fingerprint density at radius 3 is 2.88 bits per heavy atom. The maximum absolute atomic E-state index is 5.90. The average molecular weight is 247 g/mol. The lowest BCUT2D eigenvalue weighted by atomic mass is 10.0. The van der Waals surface area contributed by atoms with Gasteiger partial charge in [0.15, 0.2) is 0 Å². The minimum absolute atomic E-state index is 0.325. The molecule has 0 radical (unpaired) electrons. The Morgan fingerprint density at radius 1 is 1.38 bits per heavy atom. The van der Waals surface area contributed by atoms with Crippen molar-refractivity contribution in [3.05, 3.63) is 0 Å². The van der Waals surface area contributed by atoms with E-state index in [-0.39, 0.29) is 0 Å². The van der Waals surface area contributed by atoms with Crippen LogP contribution in [0, 0.1) is 0 Å². The molecule has 3 heteroatoms. The zero-order chi connectivity index (χ0) is 11.8. The number of nitrogens with zero attached hydrogens (tertiary/aromatic N) is 1. The molecule has 0 aliphatic carbocycles. The third-order valence-corrected chi connectivity index (χ3v) is 3.75. The molecule has 0 aromatic carbocycles. The first-order valence-corrected chi connectivity index (χ1v) is 7.19. The van der Waals surface area contributed by atoms with E-state index >= 15 is 0 Å². The molecule has 1 aliphatic rings. The Labute approximate surface area is 106 Å². The van der Waals surface area contributed by atoms with Crippen LogP contribution in [0.2, 0.25) is 0 Å². The number of likely N-dealkylation sites (tertiary alicyclic amines) is 1. The molecule has 2 unspecified atom stereocenters. The summed E-state index contributed by atoms with van der Waals surface area (Å²) in [6.45, 7) is 5.63. The lowest BCUT2D eigenvalue weighted by molar-refractivity contribution is 0.175. The molecule has 1 aliphatic heterocycles. The summed E-state index contributed by atoms with van der Waals surface area (Å²) in [5.41, 5.74) is 0. The predicted molar refractivity (Wildman–Crippen MR) is 72.3 cm³/mol. The molecule has 96 valence electrons. The number of hydrogen-bond donors (Lipinski definition) is 1. The lowest BCUT2D eigenvalue weighted by Gasteiger charge is -2.32. The van der Waals surface area contributed by atoms with Crippen molar-refractivity contribution < 1.29 is 0 Å². The van der Waals surface area contributed by atoms with Gasteiger partial charge < -0.3 is 10.2 Å². The maximum Gasteiger partial charge on any atom is 0.0308 e. The number of halogens is 1. The first-order valence-electron chi connectivity index (χ1n) is 6.75. The van der Waals surface area contributed by atoms with Gasteiger partial charge in [0.05, 0.1) is 0 Å². The molecule has 1 heterocycles. The first-order chi connectivity index (χ1) is 7.70. The van der Waals surface area contributed by atoms with E-state index in [1.54, 1.807) is 0 Å². The Bertz CT molecular complexity index is 173. The van der Waals surface area contributed by atoms with Gasteiger partial charge in [0, 0.05) is 11.4 Å². The monoisotopic (exact) mass is 246 g/mol. The highest BCUT2D eigenvalue weighted by atomic mass is 35.5. The predicted octanol–water partition coefficient (Wildman–Crippen LogP) is 2.86. The summed E-state index contributed by atoms with van der Waals surface area (Å²) in [5.74, 6) is 0. The van der Waals surface area contributed by atoms with Gasteiger partial charge >= 0.3 is 0 Å². The van der Waals surface area contributed by atoms with Crippen molar-refractivity contribution in [2.45, 2.75) is 56.9 Å². The van der Waals surface area contributed by atoms with Crippen LogP contribution in [0.3, 0.4) is 0 Å². The third-order valence-electron chi connectivity index (χ3n) is 3.53. The Hall–Kier alpha value is 0.210. The molecule has 16 heavy (non-hydrogen) atoms. The smallest absolute Gasteiger partial charge is 0.0308 e. The lowest BCUT2D eigenvalue weighted by Crippen LogP contribution is -2.38. The normalized spacial score (nSPS) is 24.6. The highest BCUT2D eigenvalue weighted by Crippen LogP contribution is 2.16. The van der Waals surface area contributed by atoms with Gasteiger partial charge in [0.2, 0.25) is 0 Å². The zero-order valence-electron chi connectivity index (χ0n) is 10.8. The van der Waals surface area contributed by atoms with Crippen LogP contribution in [0.25, 0.3) is 0 Å². The van der Waals surface area contributed by atoms with E-state index in [4.69, 9.17) is 11.6 Å². The van der Waals surface area contributed by atoms with Gasteiger partial charge in [-0.15, -0.1) is 11.6 Å². The molecular formula is C13H27ClN2. The number of nitrogens with one attached hydrogen (secondary N) is 1. The molecule has 2 nitrogen and oxygen atoms in total. The molecule has 0 bridgehead atoms. The Balaban J connectivity index is 1.94. The molecule has 0 aromatic rings. The van der Waals surface area contributed by atoms with Gasteiger partial charge in [-0.3, -0.25) is 0 Å². The SMILES string of the molecule is CC(Cl)CCCNCCC1CCCCN1C. The molecule has 1 N–H and O–H groups in total. The van der Waals surface area contributed by atoms with Crippen molar-refractivity contribution in [2.24, 2.45) is 0 Å². The second-order valence-electron chi connectivity index (χ2n) is 5.09. The van der Waals surface area contributed by atoms with Crippen molar-refractivity contribution in [3.8, 4) is 0 Å². The van der Waals surface area contributed by atoms with E-state index in [9.17, 15) is 0 Å². The fourth-order valence-corrected chi connectivity index (χ4v) is 2.57. The van der Waals surface area contributed by atoms with Crippen LogP contribution in [0.5, 0.6) is 0 Å². The van der Waals surface area contributed by atoms with Crippen molar-refractivity contribution in [1.29, 1.82) is 0 Å². The van der Waals surface area contributed by atoms with E-state index in [2.05, 4.69) is 24.2 Å². The van der Waals surface area contributed by atoms with Gasteiger partial charge in [-0.2, -0.15) is 0 Å². The van der Waals surface area contributed by atoms with E-state index in [1.165, 1.54) is 38.6 Å². The minimum atomic E-state index is 0.325. The maximum atomic E-state index is 5.90. The van der Waals surface area contributed by atoms with Crippen molar-refractivity contribution in [1.82, 2.24) is 10.2 Å². The Kier molecular flexibility index (Phi) is 7.42. The standard InChI is InChI=1S/C13H27ClN2/c1-12(14)6-5-9-15-10-8-13-7-3-4-11-16(13)2/h12-13,15H,3-11H2,1-2H3. The van der Waals surface area contributed by atoms with Crippen molar-refractivity contribution in [3.63, 3.8) is 0 Å². The van der Waals surface area contributed by atoms with Gasteiger partial charge in [-0.1, -0.05) is 6.42 Å². The number of hydrogen-bond acceptors (Lipinski definition) is 2. The highest BCUT2D eigenvalue weighted by molar-refractivity contribution is 6.20. The van der Waals surface area contributed by atoms with E-state index in [0.717, 1.165) is 25.6 Å². The van der Waals surface area contributed by atoms with Gasteiger partial charge in [-0.25, -0.2) is 0 Å². The molecule has 1 fully saturated rings. The summed E-state index contributed by atoms with van der Waals surface area (Å²) in [6, 6.07) is 0.813. The summed E-state index contributed by atoms with van der Waals surface area (Å²) in [4.78, 5) is 2.52. The fraction of sp³-hybridized carbons (Fsp3) is 1.00. The quantitative estimate of drug-likeness (QED) is 0.549. The fourth-order valence-electron chi connectivity index (χ4n) is 2.41. The first kappa shape index (κ1) is 14.3. The molecule has 0 amide bonds. The summed E-state index contributed by atoms with van der Waals surface area (Å²) >= 11 is 5.90. The second-order valence-corrected chi connectivity index (χ2v) is 5.84. The Morgan fingerprint density at radius 2 is 2.19 bits per heavy atom. The van der Waals surface area contributed by atoms with E-state index < -0.39 is 0 Å². The molecule has 1 saturated heterocycles. The van der Waals surface area contributed by atoms with E-state index in [1.807, 2.05) is 0 Å². The highest BCUT2D eigenvalue weighted by Gasteiger charge is 2.17. The summed E-state index contributed by atoms with van der Waals surface area (Å²) < 4.78 is 0. The van der Waals surface area contributed by atoms with Crippen LogP contribution >= 0.6 is 11.6 Å². The van der Waals surface area contributed by atoms with Gasteiger partial charge in [0.1, 0.15) is 0 Å². The molecule has 0 aromatic heterocycles.